The van der Waals surface area contributed by atoms with Gasteiger partial charge in [0.05, 0.1) is 0 Å². The highest BCUT2D eigenvalue weighted by molar-refractivity contribution is 5.98. The van der Waals surface area contributed by atoms with Gasteiger partial charge in [0.25, 0.3) is 0 Å². The monoisotopic (exact) mass is 303 g/mol. The fraction of sp³-hybridized carbons (Fsp3) is 0.105. The third-order valence-corrected chi connectivity index (χ3v) is 3.93. The second-order valence-electron chi connectivity index (χ2n) is 5.49. The summed E-state index contributed by atoms with van der Waals surface area (Å²) in [6.45, 7) is 1.35. The van der Waals surface area contributed by atoms with Crippen LogP contribution in [-0.4, -0.2) is 18.1 Å². The van der Waals surface area contributed by atoms with Gasteiger partial charge >= 0.3 is 0 Å². The van der Waals surface area contributed by atoms with E-state index in [1.54, 1.807) is 0 Å². The zero-order valence-corrected chi connectivity index (χ0v) is 12.6. The molecule has 2 aromatic heterocycles. The average molecular weight is 303 g/mol. The maximum atomic E-state index is 6.00. The van der Waals surface area contributed by atoms with Crippen LogP contribution in [0.2, 0.25) is 0 Å². The summed E-state index contributed by atoms with van der Waals surface area (Å²) in [5.41, 5.74) is 8.49. The van der Waals surface area contributed by atoms with Gasteiger partial charge in [-0.25, -0.2) is 0 Å². The predicted octanol–water partition coefficient (Wildman–Crippen LogP) is 4.02. The van der Waals surface area contributed by atoms with E-state index in [0.717, 1.165) is 45.3 Å². The SMILES string of the molecule is NCCNc1ccc2cncc(-c3cc4ccccc4o3)c2c1. The summed E-state index contributed by atoms with van der Waals surface area (Å²) in [7, 11) is 0. The van der Waals surface area contributed by atoms with E-state index < -0.39 is 0 Å². The molecule has 0 atom stereocenters. The van der Waals surface area contributed by atoms with Crippen molar-refractivity contribution in [2.75, 3.05) is 18.4 Å². The molecule has 0 bridgehead atoms. The van der Waals surface area contributed by atoms with Crippen molar-refractivity contribution in [1.82, 2.24) is 4.98 Å². The minimum atomic E-state index is 0.602. The van der Waals surface area contributed by atoms with Gasteiger partial charge in [0.15, 0.2) is 0 Å². The summed E-state index contributed by atoms with van der Waals surface area (Å²) in [4.78, 5) is 4.35. The van der Waals surface area contributed by atoms with Crippen LogP contribution in [0.4, 0.5) is 5.69 Å². The molecule has 0 unspecified atom stereocenters. The van der Waals surface area contributed by atoms with Crippen LogP contribution in [-0.2, 0) is 0 Å². The molecule has 4 aromatic rings. The molecular formula is C19H17N3O. The number of pyridine rings is 1. The predicted molar refractivity (Wildman–Crippen MR) is 94.5 cm³/mol. The van der Waals surface area contributed by atoms with Crippen molar-refractivity contribution in [1.29, 1.82) is 0 Å². The summed E-state index contributed by atoms with van der Waals surface area (Å²) in [6.07, 6.45) is 3.72. The van der Waals surface area contributed by atoms with Crippen molar-refractivity contribution < 1.29 is 4.42 Å². The lowest BCUT2D eigenvalue weighted by Crippen LogP contribution is -2.12. The number of nitrogens with zero attached hydrogens (tertiary/aromatic N) is 1. The Labute approximate surface area is 133 Å². The second-order valence-corrected chi connectivity index (χ2v) is 5.49. The quantitative estimate of drug-likeness (QED) is 0.597. The average Bonchev–Trinajstić information content (AvgIpc) is 3.03. The van der Waals surface area contributed by atoms with Gasteiger partial charge in [-0.05, 0) is 29.7 Å². The molecule has 0 radical (unpaired) electrons. The lowest BCUT2D eigenvalue weighted by atomic mass is 10.0. The third kappa shape index (κ3) is 2.53. The maximum Gasteiger partial charge on any atom is 0.137 e. The van der Waals surface area contributed by atoms with Gasteiger partial charge < -0.3 is 15.5 Å². The lowest BCUT2D eigenvalue weighted by molar-refractivity contribution is 0.632. The number of anilines is 1. The first-order valence-electron chi connectivity index (χ1n) is 7.66. The summed E-state index contributed by atoms with van der Waals surface area (Å²) < 4.78 is 6.00. The Morgan fingerprint density at radius 2 is 1.91 bits per heavy atom. The van der Waals surface area contributed by atoms with Crippen LogP contribution < -0.4 is 11.1 Å². The number of aromatic nitrogens is 1. The zero-order chi connectivity index (χ0) is 15.6. The smallest absolute Gasteiger partial charge is 0.137 e. The Kier molecular flexibility index (Phi) is 3.44. The number of fused-ring (bicyclic) bond motifs is 2. The van der Waals surface area contributed by atoms with E-state index in [2.05, 4.69) is 34.6 Å². The molecule has 0 aliphatic rings. The van der Waals surface area contributed by atoms with E-state index in [1.807, 2.05) is 36.7 Å². The summed E-state index contributed by atoms with van der Waals surface area (Å²) in [5.74, 6) is 0.834. The largest absolute Gasteiger partial charge is 0.456 e. The highest BCUT2D eigenvalue weighted by Gasteiger charge is 2.10. The van der Waals surface area contributed by atoms with Crippen LogP contribution >= 0.6 is 0 Å². The molecule has 114 valence electrons. The van der Waals surface area contributed by atoms with Gasteiger partial charge in [-0.3, -0.25) is 4.98 Å². The van der Waals surface area contributed by atoms with E-state index >= 15 is 0 Å². The lowest BCUT2D eigenvalue weighted by Gasteiger charge is -2.08. The van der Waals surface area contributed by atoms with Crippen LogP contribution in [0.25, 0.3) is 33.1 Å². The fourth-order valence-electron chi connectivity index (χ4n) is 2.80. The first-order chi connectivity index (χ1) is 11.3. The van der Waals surface area contributed by atoms with Gasteiger partial charge in [-0.1, -0.05) is 24.3 Å². The Morgan fingerprint density at radius 1 is 1.00 bits per heavy atom. The summed E-state index contributed by atoms with van der Waals surface area (Å²) in [6, 6.07) is 16.3. The Hall–Kier alpha value is -2.85. The molecule has 0 saturated heterocycles. The molecule has 0 amide bonds. The van der Waals surface area contributed by atoms with E-state index in [9.17, 15) is 0 Å². The molecule has 0 aliphatic carbocycles. The molecule has 0 spiro atoms. The fourth-order valence-corrected chi connectivity index (χ4v) is 2.80. The molecular weight excluding hydrogens is 286 g/mol. The molecule has 2 heterocycles. The summed E-state index contributed by atoms with van der Waals surface area (Å²) >= 11 is 0. The van der Waals surface area contributed by atoms with Crippen molar-refractivity contribution in [3.8, 4) is 11.3 Å². The van der Waals surface area contributed by atoms with E-state index in [-0.39, 0.29) is 0 Å². The van der Waals surface area contributed by atoms with E-state index in [1.165, 1.54) is 0 Å². The number of hydrogen-bond acceptors (Lipinski definition) is 4. The minimum absolute atomic E-state index is 0.602. The summed E-state index contributed by atoms with van der Waals surface area (Å²) in [5, 5.41) is 6.61. The first kappa shape index (κ1) is 13.8. The normalized spacial score (nSPS) is 11.2. The molecule has 0 saturated carbocycles. The number of nitrogens with one attached hydrogen (secondary N) is 1. The Morgan fingerprint density at radius 3 is 2.78 bits per heavy atom. The molecule has 0 fully saturated rings. The van der Waals surface area contributed by atoms with Crippen LogP contribution in [0, 0.1) is 0 Å². The number of rotatable bonds is 4. The van der Waals surface area contributed by atoms with Gasteiger partial charge in [-0.15, -0.1) is 0 Å². The van der Waals surface area contributed by atoms with Crippen molar-refractivity contribution >= 4 is 27.4 Å². The molecule has 4 heteroatoms. The van der Waals surface area contributed by atoms with Crippen molar-refractivity contribution in [2.24, 2.45) is 5.73 Å². The molecule has 23 heavy (non-hydrogen) atoms. The van der Waals surface area contributed by atoms with Crippen LogP contribution in [0.1, 0.15) is 0 Å². The van der Waals surface area contributed by atoms with E-state index in [0.29, 0.717) is 6.54 Å². The van der Waals surface area contributed by atoms with Crippen LogP contribution in [0.15, 0.2) is 65.3 Å². The standard InChI is InChI=1S/C19H17N3O/c20-7-8-22-15-6-5-14-11-21-12-17(16(14)10-15)19-9-13-3-1-2-4-18(13)23-19/h1-6,9-12,22H,7-8,20H2. The van der Waals surface area contributed by atoms with Crippen LogP contribution in [0.5, 0.6) is 0 Å². The van der Waals surface area contributed by atoms with E-state index in [4.69, 9.17) is 10.2 Å². The maximum absolute atomic E-state index is 6.00. The van der Waals surface area contributed by atoms with Gasteiger partial charge in [0.1, 0.15) is 11.3 Å². The van der Waals surface area contributed by atoms with Crippen molar-refractivity contribution in [2.45, 2.75) is 0 Å². The van der Waals surface area contributed by atoms with Crippen molar-refractivity contribution in [3.63, 3.8) is 0 Å². The number of para-hydroxylation sites is 1. The number of nitrogens with two attached hydrogens (primary N) is 1. The minimum Gasteiger partial charge on any atom is -0.456 e. The van der Waals surface area contributed by atoms with Gasteiger partial charge in [0, 0.05) is 47.5 Å². The number of furan rings is 1. The second kappa shape index (κ2) is 5.74. The number of hydrogen-bond donors (Lipinski definition) is 2. The molecule has 4 nitrogen and oxygen atoms in total. The topological polar surface area (TPSA) is 64.1 Å². The van der Waals surface area contributed by atoms with Crippen molar-refractivity contribution in [3.05, 3.63) is 60.9 Å². The number of benzene rings is 2. The third-order valence-electron chi connectivity index (χ3n) is 3.93. The van der Waals surface area contributed by atoms with Gasteiger partial charge in [0.2, 0.25) is 0 Å². The first-order valence-corrected chi connectivity index (χ1v) is 7.66. The molecule has 0 aliphatic heterocycles. The molecule has 4 rings (SSSR count). The Bertz CT molecular complexity index is 942. The highest BCUT2D eigenvalue weighted by Crippen LogP contribution is 2.33. The molecule has 2 aromatic carbocycles. The Balaban J connectivity index is 1.87. The van der Waals surface area contributed by atoms with Crippen LogP contribution in [0.3, 0.4) is 0 Å². The zero-order valence-electron chi connectivity index (χ0n) is 12.6. The van der Waals surface area contributed by atoms with Gasteiger partial charge in [-0.2, -0.15) is 0 Å². The highest BCUT2D eigenvalue weighted by atomic mass is 16.3. The molecule has 3 N–H and O–H groups in total.